The molecule has 0 bridgehead atoms. The monoisotopic (exact) mass is 292 g/mol. The highest BCUT2D eigenvalue weighted by atomic mass is 16.2. The lowest BCUT2D eigenvalue weighted by molar-refractivity contribution is -0.126. The second-order valence-electron chi connectivity index (χ2n) is 6.21. The Bertz CT molecular complexity index is 510. The van der Waals surface area contributed by atoms with E-state index in [-0.39, 0.29) is 11.8 Å². The Morgan fingerprint density at radius 1 is 1.52 bits per heavy atom. The van der Waals surface area contributed by atoms with Crippen LogP contribution in [0, 0.1) is 11.8 Å². The summed E-state index contributed by atoms with van der Waals surface area (Å²) in [4.78, 5) is 25.2. The lowest BCUT2D eigenvalue weighted by Gasteiger charge is -2.10. The van der Waals surface area contributed by atoms with Crippen LogP contribution >= 0.6 is 0 Å². The molecule has 1 unspecified atom stereocenters. The Morgan fingerprint density at radius 2 is 2.29 bits per heavy atom. The average molecular weight is 292 g/mol. The van der Waals surface area contributed by atoms with Gasteiger partial charge in [-0.05, 0) is 24.3 Å². The molecule has 1 aromatic heterocycles. The van der Waals surface area contributed by atoms with Gasteiger partial charge in [-0.25, -0.2) is 0 Å². The first-order chi connectivity index (χ1) is 9.95. The van der Waals surface area contributed by atoms with Crippen molar-refractivity contribution >= 4 is 11.8 Å². The number of nitrogens with zero attached hydrogens (tertiary/aromatic N) is 3. The first-order valence-corrected chi connectivity index (χ1v) is 7.51. The van der Waals surface area contributed by atoms with Crippen LogP contribution in [0.3, 0.4) is 0 Å². The molecule has 0 radical (unpaired) electrons. The van der Waals surface area contributed by atoms with Gasteiger partial charge in [0.15, 0.2) is 0 Å². The molecule has 0 aliphatic carbocycles. The van der Waals surface area contributed by atoms with Crippen molar-refractivity contribution < 1.29 is 9.59 Å². The molecular formula is C15H24N4O2. The fraction of sp³-hybridized carbons (Fsp3) is 0.667. The predicted molar refractivity (Wildman–Crippen MR) is 79.8 cm³/mol. The number of nitrogens with one attached hydrogen (secondary N) is 1. The zero-order chi connectivity index (χ0) is 15.4. The molecule has 116 valence electrons. The number of carbonyl (C=O) groups excluding carboxylic acids is 2. The van der Waals surface area contributed by atoms with Gasteiger partial charge in [0.25, 0.3) is 5.91 Å². The third-order valence-corrected chi connectivity index (χ3v) is 3.68. The first kappa shape index (κ1) is 15.5. The number of amides is 2. The minimum absolute atomic E-state index is 0.143. The second-order valence-corrected chi connectivity index (χ2v) is 6.21. The van der Waals surface area contributed by atoms with Crippen LogP contribution < -0.4 is 5.32 Å². The van der Waals surface area contributed by atoms with Gasteiger partial charge in [-0.2, -0.15) is 5.10 Å². The van der Waals surface area contributed by atoms with Crippen LogP contribution in [0.5, 0.6) is 0 Å². The molecule has 6 heteroatoms. The summed E-state index contributed by atoms with van der Waals surface area (Å²) in [6, 6.07) is 1.74. The largest absolute Gasteiger partial charge is 0.351 e. The number of aromatic nitrogens is 2. The van der Waals surface area contributed by atoms with Gasteiger partial charge in [0.05, 0.1) is 0 Å². The number of carbonyl (C=O) groups is 2. The molecule has 1 aromatic rings. The van der Waals surface area contributed by atoms with Crippen LogP contribution in [0.25, 0.3) is 0 Å². The molecule has 0 spiro atoms. The quantitative estimate of drug-likeness (QED) is 0.855. The Balaban J connectivity index is 1.74. The number of hydrogen-bond acceptors (Lipinski definition) is 3. The highest BCUT2D eigenvalue weighted by Crippen LogP contribution is 2.18. The highest BCUT2D eigenvalue weighted by Gasteiger charge is 2.26. The second kappa shape index (κ2) is 6.74. The van der Waals surface area contributed by atoms with Crippen molar-refractivity contribution in [3.63, 3.8) is 0 Å². The maximum Gasteiger partial charge on any atom is 0.271 e. The van der Waals surface area contributed by atoms with Gasteiger partial charge < -0.3 is 10.2 Å². The summed E-state index contributed by atoms with van der Waals surface area (Å²) >= 11 is 0. The summed E-state index contributed by atoms with van der Waals surface area (Å²) < 4.78 is 1.80. The summed E-state index contributed by atoms with van der Waals surface area (Å²) in [7, 11) is 1.82. The van der Waals surface area contributed by atoms with Crippen LogP contribution in [-0.4, -0.2) is 46.6 Å². The van der Waals surface area contributed by atoms with Crippen LogP contribution in [0.1, 0.15) is 37.2 Å². The molecule has 1 saturated heterocycles. The summed E-state index contributed by atoms with van der Waals surface area (Å²) in [5, 5.41) is 7.14. The minimum atomic E-state index is -0.143. The summed E-state index contributed by atoms with van der Waals surface area (Å²) in [5.41, 5.74) is 0.454. The molecule has 2 amide bonds. The minimum Gasteiger partial charge on any atom is -0.351 e. The van der Waals surface area contributed by atoms with Gasteiger partial charge in [-0.1, -0.05) is 13.8 Å². The predicted octanol–water partition coefficient (Wildman–Crippen LogP) is 1.14. The molecule has 2 heterocycles. The van der Waals surface area contributed by atoms with Crippen molar-refractivity contribution in [1.29, 1.82) is 0 Å². The maximum absolute atomic E-state index is 12.0. The molecule has 1 aliphatic rings. The van der Waals surface area contributed by atoms with E-state index in [0.717, 1.165) is 19.5 Å². The molecular weight excluding hydrogens is 268 g/mol. The molecule has 0 aromatic carbocycles. The van der Waals surface area contributed by atoms with E-state index < -0.39 is 0 Å². The Morgan fingerprint density at radius 3 is 2.90 bits per heavy atom. The third-order valence-electron chi connectivity index (χ3n) is 3.68. The average Bonchev–Trinajstić information content (AvgIpc) is 2.97. The summed E-state index contributed by atoms with van der Waals surface area (Å²) in [5.74, 6) is 0.896. The number of rotatable bonds is 6. The van der Waals surface area contributed by atoms with Crippen molar-refractivity contribution in [3.8, 4) is 0 Å². The molecule has 1 fully saturated rings. The fourth-order valence-electron chi connectivity index (χ4n) is 2.59. The topological polar surface area (TPSA) is 67.2 Å². The Hall–Kier alpha value is -1.85. The van der Waals surface area contributed by atoms with Gasteiger partial charge in [-0.3, -0.25) is 14.3 Å². The Kier molecular flexibility index (Phi) is 4.98. The maximum atomic E-state index is 12.0. The van der Waals surface area contributed by atoms with Crippen LogP contribution in [0.4, 0.5) is 0 Å². The zero-order valence-corrected chi connectivity index (χ0v) is 13.0. The van der Waals surface area contributed by atoms with Crippen molar-refractivity contribution in [3.05, 3.63) is 18.0 Å². The molecule has 1 atom stereocenters. The smallest absolute Gasteiger partial charge is 0.271 e. The van der Waals surface area contributed by atoms with Gasteiger partial charge in [0.1, 0.15) is 5.69 Å². The Labute approximate surface area is 125 Å². The van der Waals surface area contributed by atoms with Gasteiger partial charge in [-0.15, -0.1) is 0 Å². The number of hydrogen-bond donors (Lipinski definition) is 1. The van der Waals surface area contributed by atoms with E-state index in [9.17, 15) is 9.59 Å². The van der Waals surface area contributed by atoms with Crippen LogP contribution in [0.15, 0.2) is 12.3 Å². The first-order valence-electron chi connectivity index (χ1n) is 7.51. The van der Waals surface area contributed by atoms with E-state index in [1.165, 1.54) is 0 Å². The number of likely N-dealkylation sites (tertiary alicyclic amines) is 1. The van der Waals surface area contributed by atoms with E-state index in [4.69, 9.17) is 0 Å². The standard InChI is InChI=1S/C15H24N4O2/c1-11(2)9-19-7-5-13(17-19)15(21)16-6-4-12-8-14(20)18(3)10-12/h5,7,11-12H,4,6,8-10H2,1-3H3,(H,16,21). The van der Waals surface area contributed by atoms with Crippen molar-refractivity contribution in [1.82, 2.24) is 20.0 Å². The molecule has 6 nitrogen and oxygen atoms in total. The molecule has 2 rings (SSSR count). The normalized spacial score (nSPS) is 18.6. The van der Waals surface area contributed by atoms with E-state index in [1.54, 1.807) is 15.6 Å². The third kappa shape index (κ3) is 4.31. The molecule has 1 N–H and O–H groups in total. The van der Waals surface area contributed by atoms with E-state index >= 15 is 0 Å². The van der Waals surface area contributed by atoms with E-state index in [1.807, 2.05) is 13.2 Å². The SMILES string of the molecule is CC(C)Cn1ccc(C(=O)NCCC2CC(=O)N(C)C2)n1. The van der Waals surface area contributed by atoms with Gasteiger partial charge in [0.2, 0.25) is 5.91 Å². The van der Waals surface area contributed by atoms with E-state index in [2.05, 4.69) is 24.3 Å². The highest BCUT2D eigenvalue weighted by molar-refractivity contribution is 5.92. The molecule has 1 aliphatic heterocycles. The molecule has 0 saturated carbocycles. The van der Waals surface area contributed by atoms with E-state index in [0.29, 0.717) is 30.5 Å². The lowest BCUT2D eigenvalue weighted by Crippen LogP contribution is -2.27. The van der Waals surface area contributed by atoms with Crippen molar-refractivity contribution in [2.24, 2.45) is 11.8 Å². The summed E-state index contributed by atoms with van der Waals surface area (Å²) in [6.45, 7) is 6.41. The van der Waals surface area contributed by atoms with Crippen LogP contribution in [-0.2, 0) is 11.3 Å². The summed E-state index contributed by atoms with van der Waals surface area (Å²) in [6.07, 6.45) is 3.25. The lowest BCUT2D eigenvalue weighted by atomic mass is 10.1. The fourth-order valence-corrected chi connectivity index (χ4v) is 2.59. The van der Waals surface area contributed by atoms with Crippen molar-refractivity contribution in [2.75, 3.05) is 20.1 Å². The van der Waals surface area contributed by atoms with Gasteiger partial charge >= 0.3 is 0 Å². The van der Waals surface area contributed by atoms with Gasteiger partial charge in [0, 0.05) is 39.3 Å². The zero-order valence-electron chi connectivity index (χ0n) is 13.0. The molecule has 21 heavy (non-hydrogen) atoms. The van der Waals surface area contributed by atoms with Crippen molar-refractivity contribution in [2.45, 2.75) is 33.2 Å². The van der Waals surface area contributed by atoms with Crippen LogP contribution in [0.2, 0.25) is 0 Å².